The van der Waals surface area contributed by atoms with Gasteiger partial charge in [-0.05, 0) is 41.9 Å². The molecule has 31 heavy (non-hydrogen) atoms. The maximum atomic E-state index is 6.88. The first-order valence-electron chi connectivity index (χ1n) is 10.3. The van der Waals surface area contributed by atoms with Crippen molar-refractivity contribution < 1.29 is 4.74 Å². The minimum Gasteiger partial charge on any atom is -0.491 e. The fourth-order valence-corrected chi connectivity index (χ4v) is 3.93. The minimum absolute atomic E-state index is 0. The lowest BCUT2D eigenvalue weighted by atomic mass is 9.95. The summed E-state index contributed by atoms with van der Waals surface area (Å²) >= 11 is 13.5. The van der Waals surface area contributed by atoms with Gasteiger partial charge in [-0.2, -0.15) is 0 Å². The van der Waals surface area contributed by atoms with E-state index in [1.165, 1.54) is 0 Å². The van der Waals surface area contributed by atoms with Crippen LogP contribution in [-0.4, -0.2) is 31.1 Å². The van der Waals surface area contributed by atoms with Gasteiger partial charge in [0.05, 0.1) is 10.1 Å². The number of ether oxygens (including phenoxy) is 1. The highest BCUT2D eigenvalue weighted by Crippen LogP contribution is 2.37. The summed E-state index contributed by atoms with van der Waals surface area (Å²) in [5.41, 5.74) is 3.91. The smallest absolute Gasteiger partial charge is 0.137 e. The van der Waals surface area contributed by atoms with Crippen LogP contribution in [-0.2, 0) is 0 Å². The molecular weight excluding hydrogens is 493 g/mol. The molecule has 3 aromatic carbocycles. The molecule has 3 rings (SSSR count). The summed E-state index contributed by atoms with van der Waals surface area (Å²) in [6.45, 7) is 7.80. The molecule has 164 valence electrons. The van der Waals surface area contributed by atoms with Crippen LogP contribution in [0.2, 0.25) is 5.02 Å². The third kappa shape index (κ3) is 6.85. The van der Waals surface area contributed by atoms with Crippen molar-refractivity contribution in [2.45, 2.75) is 13.8 Å². The van der Waals surface area contributed by atoms with Gasteiger partial charge in [-0.25, -0.2) is 0 Å². The summed E-state index contributed by atoms with van der Waals surface area (Å²) in [5.74, 6) is 0.691. The number of halogens is 3. The molecule has 0 aliphatic heterocycles. The van der Waals surface area contributed by atoms with Crippen LogP contribution in [0, 0.1) is 0 Å². The molecule has 0 aromatic heterocycles. The average molecular weight is 521 g/mol. The van der Waals surface area contributed by atoms with Crippen molar-refractivity contribution in [1.82, 2.24) is 4.90 Å². The van der Waals surface area contributed by atoms with Gasteiger partial charge in [-0.15, -0.1) is 17.0 Å². The van der Waals surface area contributed by atoms with Crippen molar-refractivity contribution in [3.63, 3.8) is 0 Å². The third-order valence-corrected chi connectivity index (χ3v) is 5.79. The summed E-state index contributed by atoms with van der Waals surface area (Å²) in [5, 5.41) is 1.27. The zero-order valence-electron chi connectivity index (χ0n) is 17.9. The maximum Gasteiger partial charge on any atom is 0.137 e. The van der Waals surface area contributed by atoms with Crippen LogP contribution >= 0.6 is 40.2 Å². The molecule has 5 heteroatoms. The number of hydrogen-bond donors (Lipinski definition) is 0. The Bertz CT molecular complexity index is 973. The minimum atomic E-state index is 0. The Morgan fingerprint density at radius 3 is 1.94 bits per heavy atom. The Labute approximate surface area is 206 Å². The van der Waals surface area contributed by atoms with Gasteiger partial charge in [0.2, 0.25) is 0 Å². The normalized spacial score (nSPS) is 11.6. The monoisotopic (exact) mass is 519 g/mol. The Balaban J connectivity index is 0.00000341. The van der Waals surface area contributed by atoms with Crippen LogP contribution in [0.25, 0.3) is 10.6 Å². The first-order valence-corrected chi connectivity index (χ1v) is 11.0. The fraction of sp³-hybridized carbons (Fsp3) is 0.231. The zero-order chi connectivity index (χ0) is 21.3. The van der Waals surface area contributed by atoms with Gasteiger partial charge in [0.15, 0.2) is 0 Å². The van der Waals surface area contributed by atoms with Crippen LogP contribution < -0.4 is 4.74 Å². The van der Waals surface area contributed by atoms with Gasteiger partial charge in [-0.3, -0.25) is 0 Å². The third-order valence-electron chi connectivity index (χ3n) is 5.09. The molecule has 0 N–H and O–H groups in total. The van der Waals surface area contributed by atoms with Gasteiger partial charge in [0, 0.05) is 12.1 Å². The lowest BCUT2D eigenvalue weighted by Crippen LogP contribution is -2.27. The zero-order valence-corrected chi connectivity index (χ0v) is 21.1. The Morgan fingerprint density at radius 1 is 0.806 bits per heavy atom. The van der Waals surface area contributed by atoms with Crippen molar-refractivity contribution in [2.24, 2.45) is 0 Å². The lowest BCUT2D eigenvalue weighted by Gasteiger charge is -2.19. The maximum absolute atomic E-state index is 6.88. The summed E-state index contributed by atoms with van der Waals surface area (Å²) in [6.07, 6.45) is 0. The number of benzene rings is 3. The average Bonchev–Trinajstić information content (AvgIpc) is 2.79. The van der Waals surface area contributed by atoms with Crippen molar-refractivity contribution in [2.75, 3.05) is 26.2 Å². The molecule has 0 bridgehead atoms. The molecule has 0 spiro atoms. The Hall–Kier alpha value is -1.78. The molecule has 0 heterocycles. The molecule has 0 atom stereocenters. The fourth-order valence-electron chi connectivity index (χ4n) is 3.35. The highest BCUT2D eigenvalue weighted by atomic mass is 79.9. The van der Waals surface area contributed by atoms with E-state index >= 15 is 0 Å². The molecule has 0 aliphatic rings. The second-order valence-corrected chi connectivity index (χ2v) is 7.73. The molecular formula is C26H28BrCl2NO. The van der Waals surface area contributed by atoms with E-state index < -0.39 is 0 Å². The number of hydrogen-bond acceptors (Lipinski definition) is 2. The van der Waals surface area contributed by atoms with E-state index in [1.807, 2.05) is 66.7 Å². The van der Waals surface area contributed by atoms with Crippen molar-refractivity contribution in [1.29, 1.82) is 0 Å². The van der Waals surface area contributed by atoms with E-state index in [4.69, 9.17) is 27.9 Å². The van der Waals surface area contributed by atoms with E-state index in [1.54, 1.807) is 0 Å². The second kappa shape index (κ2) is 12.9. The summed E-state index contributed by atoms with van der Waals surface area (Å²) in [7, 11) is 0. The van der Waals surface area contributed by atoms with E-state index in [0.29, 0.717) is 22.4 Å². The topological polar surface area (TPSA) is 12.5 Å². The molecule has 0 aliphatic carbocycles. The van der Waals surface area contributed by atoms with Gasteiger partial charge in [0.1, 0.15) is 12.4 Å². The van der Waals surface area contributed by atoms with Crippen molar-refractivity contribution in [3.8, 4) is 5.75 Å². The van der Waals surface area contributed by atoms with Crippen LogP contribution in [0.3, 0.4) is 0 Å². The quantitative estimate of drug-likeness (QED) is 0.267. The number of nitrogens with zero attached hydrogens (tertiary/aromatic N) is 1. The Kier molecular flexibility index (Phi) is 10.6. The van der Waals surface area contributed by atoms with E-state index in [9.17, 15) is 0 Å². The lowest BCUT2D eigenvalue weighted by molar-refractivity contribution is 0.223. The largest absolute Gasteiger partial charge is 0.491 e. The van der Waals surface area contributed by atoms with Gasteiger partial charge < -0.3 is 9.64 Å². The first-order chi connectivity index (χ1) is 14.6. The number of likely N-dealkylation sites (N-methyl/N-ethyl adjacent to an activating group) is 1. The standard InChI is InChI=1S/C26H27Cl2NO.BrH/c1-3-29(4-2)17-18-30-24-16-15-22(19-23(24)27)25(20-11-7-5-8-12-20)26(28)21-13-9-6-10-14-21;/h5-16,19H,3-4,17-18H2,1-2H3;1H/b26-25-;. The Morgan fingerprint density at radius 2 is 1.39 bits per heavy atom. The van der Waals surface area contributed by atoms with Crippen molar-refractivity contribution in [3.05, 3.63) is 101 Å². The van der Waals surface area contributed by atoms with Crippen LogP contribution in [0.1, 0.15) is 30.5 Å². The predicted molar refractivity (Wildman–Crippen MR) is 140 cm³/mol. The van der Waals surface area contributed by atoms with Gasteiger partial charge in [0.25, 0.3) is 0 Å². The van der Waals surface area contributed by atoms with Crippen LogP contribution in [0.15, 0.2) is 78.9 Å². The van der Waals surface area contributed by atoms with Gasteiger partial charge in [-0.1, -0.05) is 104 Å². The number of rotatable bonds is 9. The van der Waals surface area contributed by atoms with Crippen molar-refractivity contribution >= 4 is 50.8 Å². The molecule has 3 aromatic rings. The summed E-state index contributed by atoms with van der Waals surface area (Å²) in [4.78, 5) is 2.32. The van der Waals surface area contributed by atoms with Crippen LogP contribution in [0.5, 0.6) is 5.75 Å². The molecule has 2 nitrogen and oxygen atoms in total. The molecule has 0 saturated heterocycles. The summed E-state index contributed by atoms with van der Waals surface area (Å²) < 4.78 is 5.93. The molecule has 0 amide bonds. The first kappa shape index (κ1) is 25.5. The summed E-state index contributed by atoms with van der Waals surface area (Å²) in [6, 6.07) is 26.0. The molecule has 0 saturated carbocycles. The highest BCUT2D eigenvalue weighted by Gasteiger charge is 2.14. The predicted octanol–water partition coefficient (Wildman–Crippen LogP) is 7.79. The molecule has 0 unspecified atom stereocenters. The van der Waals surface area contributed by atoms with E-state index in [2.05, 4.69) is 30.9 Å². The molecule has 0 radical (unpaired) electrons. The van der Waals surface area contributed by atoms with E-state index in [-0.39, 0.29) is 17.0 Å². The van der Waals surface area contributed by atoms with E-state index in [0.717, 1.165) is 41.9 Å². The molecule has 0 fully saturated rings. The second-order valence-electron chi connectivity index (χ2n) is 6.94. The highest BCUT2D eigenvalue weighted by molar-refractivity contribution is 8.93. The van der Waals surface area contributed by atoms with Crippen LogP contribution in [0.4, 0.5) is 0 Å². The van der Waals surface area contributed by atoms with Gasteiger partial charge >= 0.3 is 0 Å². The SMILES string of the molecule is Br.CCN(CC)CCOc1ccc(/C(=C(\Cl)c2ccccc2)c2ccccc2)cc1Cl.